The number of amides is 2. The maximum absolute atomic E-state index is 12.6. The minimum atomic E-state index is -0.528. The Labute approximate surface area is 129 Å². The molecule has 0 saturated carbocycles. The summed E-state index contributed by atoms with van der Waals surface area (Å²) < 4.78 is 0. The molecule has 2 aliphatic rings. The van der Waals surface area contributed by atoms with Gasteiger partial charge in [-0.3, -0.25) is 14.7 Å². The number of rotatable bonds is 3. The van der Waals surface area contributed by atoms with Crippen LogP contribution in [-0.4, -0.2) is 40.0 Å². The average Bonchev–Trinajstić information content (AvgIpc) is 3.05. The Hall–Kier alpha value is -2.11. The van der Waals surface area contributed by atoms with Gasteiger partial charge >= 0.3 is 0 Å². The molecule has 1 aromatic heterocycles. The Kier molecular flexibility index (Phi) is 4.27. The Morgan fingerprint density at radius 3 is 2.86 bits per heavy atom. The summed E-state index contributed by atoms with van der Waals surface area (Å²) in [6.07, 6.45) is 9.04. The van der Waals surface area contributed by atoms with Gasteiger partial charge in [-0.1, -0.05) is 12.2 Å². The number of hydrogen-bond acceptors (Lipinski definition) is 3. The summed E-state index contributed by atoms with van der Waals surface area (Å²) in [7, 11) is 0. The molecule has 2 heterocycles. The first-order valence-corrected chi connectivity index (χ1v) is 7.94. The van der Waals surface area contributed by atoms with Gasteiger partial charge in [-0.2, -0.15) is 5.10 Å². The predicted octanol–water partition coefficient (Wildman–Crippen LogP) is 1.57. The van der Waals surface area contributed by atoms with Crippen LogP contribution in [0.5, 0.6) is 0 Å². The van der Waals surface area contributed by atoms with Gasteiger partial charge in [-0.15, -0.1) is 0 Å². The van der Waals surface area contributed by atoms with Crippen LogP contribution in [0, 0.1) is 5.92 Å². The second-order valence-corrected chi connectivity index (χ2v) is 6.18. The topological polar surface area (TPSA) is 92.1 Å². The zero-order chi connectivity index (χ0) is 15.5. The highest BCUT2D eigenvalue weighted by atomic mass is 16.2. The predicted molar refractivity (Wildman–Crippen MR) is 82.1 cm³/mol. The first-order valence-electron chi connectivity index (χ1n) is 7.94. The highest BCUT2D eigenvalue weighted by molar-refractivity contribution is 5.90. The number of aromatic amines is 1. The van der Waals surface area contributed by atoms with Crippen molar-refractivity contribution in [3.05, 3.63) is 29.6 Å². The normalized spacial score (nSPS) is 25.2. The Bertz CT molecular complexity index is 593. The van der Waals surface area contributed by atoms with Crippen LogP contribution in [0.4, 0.5) is 0 Å². The molecule has 0 radical (unpaired) electrons. The van der Waals surface area contributed by atoms with Crippen LogP contribution in [0.3, 0.4) is 0 Å². The largest absolute Gasteiger partial charge is 0.364 e. The van der Waals surface area contributed by atoms with E-state index in [2.05, 4.69) is 22.3 Å². The van der Waals surface area contributed by atoms with Crippen LogP contribution in [0.25, 0.3) is 0 Å². The minimum absolute atomic E-state index is 0.131. The zero-order valence-electron chi connectivity index (χ0n) is 12.6. The van der Waals surface area contributed by atoms with Crippen LogP contribution in [-0.2, 0) is 4.79 Å². The lowest BCUT2D eigenvalue weighted by Gasteiger charge is -2.35. The molecule has 3 rings (SSSR count). The minimum Gasteiger partial charge on any atom is -0.364 e. The second-order valence-electron chi connectivity index (χ2n) is 6.18. The van der Waals surface area contributed by atoms with E-state index in [-0.39, 0.29) is 23.4 Å². The van der Waals surface area contributed by atoms with Crippen LogP contribution in [0.2, 0.25) is 0 Å². The van der Waals surface area contributed by atoms with E-state index < -0.39 is 5.91 Å². The molecule has 2 amide bonds. The fraction of sp³-hybridized carbons (Fsp3) is 0.562. The van der Waals surface area contributed by atoms with Crippen LogP contribution < -0.4 is 5.73 Å². The van der Waals surface area contributed by atoms with Gasteiger partial charge < -0.3 is 10.6 Å². The number of allylic oxidation sites excluding steroid dienone is 2. The van der Waals surface area contributed by atoms with Gasteiger partial charge in [-0.25, -0.2) is 0 Å². The van der Waals surface area contributed by atoms with Gasteiger partial charge in [0.05, 0.1) is 0 Å². The van der Waals surface area contributed by atoms with E-state index >= 15 is 0 Å². The lowest BCUT2D eigenvalue weighted by atomic mass is 9.90. The van der Waals surface area contributed by atoms with Crippen molar-refractivity contribution in [3.8, 4) is 0 Å². The van der Waals surface area contributed by atoms with Crippen molar-refractivity contribution in [1.82, 2.24) is 15.1 Å². The number of carbonyl (C=O) groups excluding carboxylic acids is 2. The molecule has 1 aromatic rings. The molecule has 22 heavy (non-hydrogen) atoms. The number of piperidine rings is 1. The van der Waals surface area contributed by atoms with E-state index in [9.17, 15) is 9.59 Å². The van der Waals surface area contributed by atoms with Crippen molar-refractivity contribution in [2.75, 3.05) is 13.1 Å². The maximum atomic E-state index is 12.6. The third kappa shape index (κ3) is 3.05. The summed E-state index contributed by atoms with van der Waals surface area (Å²) in [5.74, 6) is 0.0769. The van der Waals surface area contributed by atoms with Gasteiger partial charge in [-0.05, 0) is 38.2 Å². The highest BCUT2D eigenvalue weighted by Crippen LogP contribution is 2.29. The van der Waals surface area contributed by atoms with Gasteiger partial charge in [0, 0.05) is 30.6 Å². The van der Waals surface area contributed by atoms with Crippen molar-refractivity contribution in [2.45, 2.75) is 38.0 Å². The van der Waals surface area contributed by atoms with Crippen LogP contribution >= 0.6 is 0 Å². The average molecular weight is 302 g/mol. The fourth-order valence-corrected chi connectivity index (χ4v) is 3.38. The highest BCUT2D eigenvalue weighted by Gasteiger charge is 2.30. The summed E-state index contributed by atoms with van der Waals surface area (Å²) in [6.45, 7) is 1.52. The summed E-state index contributed by atoms with van der Waals surface area (Å²) in [5.41, 5.74) is 6.40. The molecule has 0 aromatic carbocycles. The van der Waals surface area contributed by atoms with Crippen molar-refractivity contribution in [3.63, 3.8) is 0 Å². The molecular formula is C16H22N4O2. The smallest absolute Gasteiger partial charge is 0.269 e. The summed E-state index contributed by atoms with van der Waals surface area (Å²) >= 11 is 0. The van der Waals surface area contributed by atoms with E-state index in [4.69, 9.17) is 5.73 Å². The van der Waals surface area contributed by atoms with E-state index in [1.54, 1.807) is 6.07 Å². The third-order valence-corrected chi connectivity index (χ3v) is 4.64. The van der Waals surface area contributed by atoms with Gasteiger partial charge in [0.25, 0.3) is 5.91 Å². The van der Waals surface area contributed by atoms with Gasteiger partial charge in [0.1, 0.15) is 5.69 Å². The molecule has 0 unspecified atom stereocenters. The number of primary amides is 1. The monoisotopic (exact) mass is 302 g/mol. The SMILES string of the molecule is NC(=O)c1cc([C@H]2CCCN(C(=O)[C@H]3CC=CCC3)C2)[nH]n1. The lowest BCUT2D eigenvalue weighted by Crippen LogP contribution is -2.42. The molecule has 1 aliphatic carbocycles. The Morgan fingerprint density at radius 1 is 1.32 bits per heavy atom. The van der Waals surface area contributed by atoms with E-state index in [1.165, 1.54) is 0 Å². The maximum Gasteiger partial charge on any atom is 0.269 e. The van der Waals surface area contributed by atoms with Gasteiger partial charge in [0.2, 0.25) is 5.91 Å². The van der Waals surface area contributed by atoms with E-state index in [1.807, 2.05) is 4.90 Å². The summed E-state index contributed by atoms with van der Waals surface area (Å²) in [4.78, 5) is 25.8. The van der Waals surface area contributed by atoms with Crippen molar-refractivity contribution in [1.29, 1.82) is 0 Å². The quantitative estimate of drug-likeness (QED) is 0.830. The van der Waals surface area contributed by atoms with Crippen molar-refractivity contribution >= 4 is 11.8 Å². The third-order valence-electron chi connectivity index (χ3n) is 4.64. The molecule has 1 saturated heterocycles. The molecule has 118 valence electrons. The molecule has 3 N–H and O–H groups in total. The molecule has 6 heteroatoms. The zero-order valence-corrected chi connectivity index (χ0v) is 12.6. The first kappa shape index (κ1) is 14.8. The van der Waals surface area contributed by atoms with Crippen LogP contribution in [0.15, 0.2) is 18.2 Å². The molecule has 2 atom stereocenters. The van der Waals surface area contributed by atoms with Gasteiger partial charge in [0.15, 0.2) is 0 Å². The van der Waals surface area contributed by atoms with Crippen molar-refractivity contribution in [2.24, 2.45) is 11.7 Å². The number of aromatic nitrogens is 2. The number of nitrogens with zero attached hydrogens (tertiary/aromatic N) is 2. The molecule has 0 bridgehead atoms. The second kappa shape index (κ2) is 6.34. The molecule has 1 aliphatic heterocycles. The summed E-state index contributed by atoms with van der Waals surface area (Å²) in [6, 6.07) is 1.71. The molecule has 0 spiro atoms. The number of likely N-dealkylation sites (tertiary alicyclic amines) is 1. The standard InChI is InChI=1S/C16H22N4O2/c17-15(21)14-9-13(18-19-14)12-7-4-8-20(10-12)16(22)11-5-2-1-3-6-11/h1-2,9,11-12H,3-8,10H2,(H2,17,21)(H,18,19)/t11-,12-/m0/s1. The van der Waals surface area contributed by atoms with E-state index in [0.29, 0.717) is 6.54 Å². The Morgan fingerprint density at radius 2 is 2.18 bits per heavy atom. The summed E-state index contributed by atoms with van der Waals surface area (Å²) in [5, 5.41) is 6.83. The number of H-pyrrole nitrogens is 1. The molecule has 6 nitrogen and oxygen atoms in total. The lowest BCUT2D eigenvalue weighted by molar-refractivity contribution is -0.137. The number of hydrogen-bond donors (Lipinski definition) is 2. The Balaban J connectivity index is 1.66. The number of nitrogens with two attached hydrogens (primary N) is 1. The van der Waals surface area contributed by atoms with Crippen LogP contribution in [0.1, 0.15) is 54.2 Å². The van der Waals surface area contributed by atoms with Crippen molar-refractivity contribution < 1.29 is 9.59 Å². The molecular weight excluding hydrogens is 280 g/mol. The molecule has 1 fully saturated rings. The fourth-order valence-electron chi connectivity index (χ4n) is 3.38. The number of nitrogens with one attached hydrogen (secondary N) is 1. The number of carbonyl (C=O) groups is 2. The first-order chi connectivity index (χ1) is 10.6. The van der Waals surface area contributed by atoms with E-state index in [0.717, 1.165) is 44.3 Å².